The normalized spacial score (nSPS) is 33.7. The van der Waals surface area contributed by atoms with Crippen LogP contribution in [0.25, 0.3) is 17.0 Å². The molecule has 0 saturated carbocycles. The first-order chi connectivity index (χ1) is 20.3. The van der Waals surface area contributed by atoms with Crippen molar-refractivity contribution in [3.05, 3.63) is 161 Å². The van der Waals surface area contributed by atoms with E-state index in [4.69, 9.17) is 4.42 Å². The van der Waals surface area contributed by atoms with Crippen LogP contribution in [0.15, 0.2) is 148 Å². The molecule has 0 fully saturated rings. The van der Waals surface area contributed by atoms with Gasteiger partial charge in [0, 0.05) is 40.5 Å². The fourth-order valence-electron chi connectivity index (χ4n) is 8.74. The van der Waals surface area contributed by atoms with E-state index < -0.39 is 0 Å². The van der Waals surface area contributed by atoms with Crippen molar-refractivity contribution in [2.45, 2.75) is 31.1 Å². The van der Waals surface area contributed by atoms with Crippen LogP contribution in [-0.2, 0) is 0 Å². The molecule has 41 heavy (non-hydrogen) atoms. The molecule has 7 aliphatic rings. The van der Waals surface area contributed by atoms with Crippen LogP contribution >= 0.6 is 0 Å². The van der Waals surface area contributed by atoms with E-state index in [1.54, 1.807) is 11.1 Å². The number of benzene rings is 1. The molecule has 0 spiro atoms. The van der Waals surface area contributed by atoms with Crippen LogP contribution in [-0.4, -0.2) is 0 Å². The van der Waals surface area contributed by atoms with Crippen molar-refractivity contribution >= 4 is 17.0 Å². The zero-order valence-electron chi connectivity index (χ0n) is 23.2. The third-order valence-corrected chi connectivity index (χ3v) is 10.5. The molecule has 1 heteroatoms. The summed E-state index contributed by atoms with van der Waals surface area (Å²) in [4.78, 5) is 0. The first kappa shape index (κ1) is 23.6. The minimum absolute atomic E-state index is 0.340. The van der Waals surface area contributed by atoms with Gasteiger partial charge in [0.1, 0.15) is 11.3 Å². The number of furan rings is 1. The Morgan fingerprint density at radius 3 is 2.59 bits per heavy atom. The zero-order chi connectivity index (χ0) is 26.9. The second-order valence-electron chi connectivity index (χ2n) is 12.6. The molecular weight excluding hydrogens is 496 g/mol. The molecule has 0 radical (unpaired) electrons. The summed E-state index contributed by atoms with van der Waals surface area (Å²) in [5.74, 6) is 4.00. The Labute approximate surface area is 242 Å². The van der Waals surface area contributed by atoms with Crippen LogP contribution in [0.5, 0.6) is 0 Å². The topological polar surface area (TPSA) is 13.1 Å². The monoisotopic (exact) mass is 530 g/mol. The van der Waals surface area contributed by atoms with Gasteiger partial charge in [0.15, 0.2) is 0 Å². The Hall–Kier alpha value is -4.10. The van der Waals surface area contributed by atoms with E-state index in [0.29, 0.717) is 41.4 Å². The number of hydrogen-bond donors (Lipinski definition) is 0. The molecule has 9 rings (SSSR count). The highest BCUT2D eigenvalue weighted by Gasteiger charge is 2.41. The molecule has 1 aromatic heterocycles. The van der Waals surface area contributed by atoms with Crippen LogP contribution in [0.2, 0.25) is 0 Å². The van der Waals surface area contributed by atoms with Crippen LogP contribution in [0.1, 0.15) is 48.0 Å². The fourth-order valence-corrected chi connectivity index (χ4v) is 8.74. The smallest absolute Gasteiger partial charge is 0.135 e. The Kier molecular flexibility index (Phi) is 5.30. The predicted molar refractivity (Wildman–Crippen MR) is 169 cm³/mol. The van der Waals surface area contributed by atoms with Gasteiger partial charge in [-0.15, -0.1) is 0 Å². The maximum atomic E-state index is 6.42. The lowest BCUT2D eigenvalue weighted by molar-refractivity contribution is 0.383. The highest BCUT2D eigenvalue weighted by atomic mass is 16.3. The van der Waals surface area contributed by atoms with Gasteiger partial charge in [0.25, 0.3) is 0 Å². The second kappa shape index (κ2) is 9.21. The van der Waals surface area contributed by atoms with E-state index >= 15 is 0 Å². The van der Waals surface area contributed by atoms with Crippen LogP contribution in [0.4, 0.5) is 0 Å². The lowest BCUT2D eigenvalue weighted by Crippen LogP contribution is -2.31. The number of fused-ring (bicyclic) bond motifs is 7. The Balaban J connectivity index is 1.21. The van der Waals surface area contributed by atoms with Gasteiger partial charge < -0.3 is 4.42 Å². The number of rotatable bonds is 2. The summed E-state index contributed by atoms with van der Waals surface area (Å²) in [6, 6.07) is 7.07. The van der Waals surface area contributed by atoms with Crippen molar-refractivity contribution in [1.29, 1.82) is 0 Å². The van der Waals surface area contributed by atoms with Gasteiger partial charge in [-0.05, 0) is 71.6 Å². The first-order valence-corrected chi connectivity index (χ1v) is 15.5. The third-order valence-electron chi connectivity index (χ3n) is 10.5. The van der Waals surface area contributed by atoms with Crippen molar-refractivity contribution < 1.29 is 4.42 Å². The summed E-state index contributed by atoms with van der Waals surface area (Å²) in [6.07, 6.45) is 45.6. The molecule has 0 saturated heterocycles. The minimum Gasteiger partial charge on any atom is -0.456 e. The molecule has 200 valence electrons. The maximum Gasteiger partial charge on any atom is 0.135 e. The highest BCUT2D eigenvalue weighted by molar-refractivity contribution is 5.88. The molecule has 0 amide bonds. The lowest BCUT2D eigenvalue weighted by Gasteiger charge is -2.43. The minimum atomic E-state index is 0.340. The van der Waals surface area contributed by atoms with Crippen molar-refractivity contribution in [2.75, 3.05) is 0 Å². The van der Waals surface area contributed by atoms with Crippen molar-refractivity contribution in [3.63, 3.8) is 0 Å². The first-order valence-electron chi connectivity index (χ1n) is 15.5. The quantitative estimate of drug-likeness (QED) is 0.352. The molecule has 7 unspecified atom stereocenters. The summed E-state index contributed by atoms with van der Waals surface area (Å²) < 4.78 is 6.42. The zero-order valence-corrected chi connectivity index (χ0v) is 23.2. The van der Waals surface area contributed by atoms with Crippen molar-refractivity contribution in [2.24, 2.45) is 29.6 Å². The van der Waals surface area contributed by atoms with E-state index in [-0.39, 0.29) is 0 Å². The SMILES string of the molecule is C1=CC2=C(C3C=CCC4C=CC=CC43)C3=C(CCC=C3)C(c3ccc4oc5c(c4c3)C3C=CC=CC3C=C5)C2C=C1. The molecular formula is C40H34O. The van der Waals surface area contributed by atoms with Crippen LogP contribution < -0.4 is 0 Å². The number of hydrogen-bond acceptors (Lipinski definition) is 1. The van der Waals surface area contributed by atoms with E-state index in [2.05, 4.69) is 128 Å². The summed E-state index contributed by atoms with van der Waals surface area (Å²) in [5.41, 5.74) is 9.99. The molecule has 1 aromatic carbocycles. The fraction of sp³-hybridized carbons (Fsp3) is 0.250. The molecule has 7 atom stereocenters. The third kappa shape index (κ3) is 3.54. The Morgan fingerprint density at radius 1 is 0.707 bits per heavy atom. The van der Waals surface area contributed by atoms with Crippen LogP contribution in [0, 0.1) is 29.6 Å². The van der Waals surface area contributed by atoms with Crippen molar-refractivity contribution in [3.8, 4) is 0 Å². The molecule has 0 N–H and O–H groups in total. The molecule has 1 heterocycles. The van der Waals surface area contributed by atoms with Gasteiger partial charge in [0.2, 0.25) is 0 Å². The van der Waals surface area contributed by atoms with Crippen LogP contribution in [0.3, 0.4) is 0 Å². The van der Waals surface area contributed by atoms with Gasteiger partial charge in [-0.25, -0.2) is 0 Å². The Morgan fingerprint density at radius 2 is 1.59 bits per heavy atom. The van der Waals surface area contributed by atoms with E-state index in [1.165, 1.54) is 27.7 Å². The number of allylic oxidation sites excluding steroid dienone is 21. The van der Waals surface area contributed by atoms with Gasteiger partial charge in [-0.1, -0.05) is 115 Å². The van der Waals surface area contributed by atoms with E-state index in [0.717, 1.165) is 30.6 Å². The Bertz CT molecular complexity index is 1800. The van der Waals surface area contributed by atoms with Gasteiger partial charge >= 0.3 is 0 Å². The molecule has 0 bridgehead atoms. The molecule has 7 aliphatic carbocycles. The van der Waals surface area contributed by atoms with E-state index in [9.17, 15) is 0 Å². The maximum absolute atomic E-state index is 6.42. The summed E-state index contributed by atoms with van der Waals surface area (Å²) >= 11 is 0. The molecule has 1 nitrogen and oxygen atoms in total. The molecule has 2 aromatic rings. The lowest BCUT2D eigenvalue weighted by atomic mass is 9.60. The standard InChI is InChI=1S/C40H34O/c1-3-13-28-25(10-1)12-9-19-30(28)39-33-17-7-5-15-31(33)38(32-16-6-8-18-34(32)39)27-21-22-36-35(24-27)40-29-14-4-2-11-26(29)20-23-37(40)41-36/h1-5,7-11,13-15,17-26,28-31,38H,6,12,16H2. The average molecular weight is 531 g/mol. The molecule has 0 aliphatic heterocycles. The average Bonchev–Trinajstić information content (AvgIpc) is 3.42. The van der Waals surface area contributed by atoms with Gasteiger partial charge in [-0.3, -0.25) is 0 Å². The predicted octanol–water partition coefficient (Wildman–Crippen LogP) is 10.0. The highest BCUT2D eigenvalue weighted by Crippen LogP contribution is 2.55. The summed E-state index contributed by atoms with van der Waals surface area (Å²) in [5, 5.41) is 1.29. The largest absolute Gasteiger partial charge is 0.456 e. The summed E-state index contributed by atoms with van der Waals surface area (Å²) in [7, 11) is 0. The van der Waals surface area contributed by atoms with Gasteiger partial charge in [-0.2, -0.15) is 0 Å². The van der Waals surface area contributed by atoms with Gasteiger partial charge in [0.05, 0.1) is 0 Å². The van der Waals surface area contributed by atoms with Crippen molar-refractivity contribution in [1.82, 2.24) is 0 Å². The van der Waals surface area contributed by atoms with E-state index in [1.807, 2.05) is 0 Å². The summed E-state index contributed by atoms with van der Waals surface area (Å²) in [6.45, 7) is 0. The second-order valence-corrected chi connectivity index (χ2v) is 12.6.